The van der Waals surface area contributed by atoms with Crippen LogP contribution in [0.2, 0.25) is 0 Å². The van der Waals surface area contributed by atoms with Crippen molar-refractivity contribution in [2.45, 2.75) is 31.5 Å². The second-order valence-corrected chi connectivity index (χ2v) is 4.14. The fourth-order valence-electron chi connectivity index (χ4n) is 1.76. The number of anilines is 2. The lowest BCUT2D eigenvalue weighted by atomic mass is 10.1. The standard InChI is InChI=1S/C10H16N4O4/c1-4-8(11)12-3-13-9(4)14-10-7(17)6(16)5(2-15)18-10/h3,5-7,10,15-17H,2H2,1H3,(H3,11,12,13,14)/t5-,6-,7-,10+/m1/s1. The fraction of sp³-hybridized carbons (Fsp3) is 0.600. The van der Waals surface area contributed by atoms with E-state index in [0.29, 0.717) is 17.2 Å². The van der Waals surface area contributed by atoms with Crippen LogP contribution < -0.4 is 11.1 Å². The number of aliphatic hydroxyl groups excluding tert-OH is 3. The van der Waals surface area contributed by atoms with Gasteiger partial charge in [-0.15, -0.1) is 0 Å². The average molecular weight is 256 g/mol. The van der Waals surface area contributed by atoms with Crippen LogP contribution in [0.1, 0.15) is 5.56 Å². The molecule has 2 rings (SSSR count). The third-order valence-corrected chi connectivity index (χ3v) is 2.94. The van der Waals surface area contributed by atoms with E-state index in [-0.39, 0.29) is 6.61 Å². The van der Waals surface area contributed by atoms with E-state index in [9.17, 15) is 10.2 Å². The number of nitrogens with two attached hydrogens (primary N) is 1. The first-order chi connectivity index (χ1) is 8.54. The third kappa shape index (κ3) is 2.23. The summed E-state index contributed by atoms with van der Waals surface area (Å²) in [4.78, 5) is 7.79. The number of aliphatic hydroxyl groups is 3. The molecule has 1 aromatic rings. The van der Waals surface area contributed by atoms with Crippen molar-refractivity contribution in [3.63, 3.8) is 0 Å². The lowest BCUT2D eigenvalue weighted by molar-refractivity contribution is -0.0154. The number of nitrogen functional groups attached to an aromatic ring is 1. The van der Waals surface area contributed by atoms with Gasteiger partial charge in [0.05, 0.1) is 6.61 Å². The molecule has 1 fully saturated rings. The molecule has 8 nitrogen and oxygen atoms in total. The Morgan fingerprint density at radius 1 is 1.39 bits per heavy atom. The van der Waals surface area contributed by atoms with Crippen LogP contribution >= 0.6 is 0 Å². The second kappa shape index (κ2) is 5.02. The van der Waals surface area contributed by atoms with Gasteiger partial charge in [-0.2, -0.15) is 0 Å². The van der Waals surface area contributed by atoms with Crippen molar-refractivity contribution in [2.75, 3.05) is 17.7 Å². The first-order valence-corrected chi connectivity index (χ1v) is 5.50. The maximum Gasteiger partial charge on any atom is 0.158 e. The summed E-state index contributed by atoms with van der Waals surface area (Å²) in [5.74, 6) is 0.733. The predicted molar refractivity (Wildman–Crippen MR) is 62.6 cm³/mol. The van der Waals surface area contributed by atoms with Crippen LogP contribution in [0.4, 0.5) is 11.6 Å². The highest BCUT2D eigenvalue weighted by atomic mass is 16.6. The maximum atomic E-state index is 9.76. The molecule has 100 valence electrons. The average Bonchev–Trinajstić information content (AvgIpc) is 2.63. The van der Waals surface area contributed by atoms with Gasteiger partial charge in [-0.1, -0.05) is 0 Å². The van der Waals surface area contributed by atoms with Gasteiger partial charge < -0.3 is 31.1 Å². The summed E-state index contributed by atoms with van der Waals surface area (Å²) in [5, 5.41) is 31.1. The molecule has 0 bridgehead atoms. The van der Waals surface area contributed by atoms with E-state index in [2.05, 4.69) is 15.3 Å². The highest BCUT2D eigenvalue weighted by Gasteiger charge is 2.42. The van der Waals surface area contributed by atoms with Gasteiger partial charge in [0, 0.05) is 5.56 Å². The van der Waals surface area contributed by atoms with Crippen molar-refractivity contribution in [3.05, 3.63) is 11.9 Å². The van der Waals surface area contributed by atoms with E-state index in [1.165, 1.54) is 6.33 Å². The minimum atomic E-state index is -1.15. The molecule has 6 N–H and O–H groups in total. The Labute approximate surface area is 103 Å². The summed E-state index contributed by atoms with van der Waals surface area (Å²) < 4.78 is 5.27. The molecule has 0 saturated carbocycles. The molecule has 2 heterocycles. The second-order valence-electron chi connectivity index (χ2n) is 4.14. The lowest BCUT2D eigenvalue weighted by Crippen LogP contribution is -2.36. The van der Waals surface area contributed by atoms with Crippen molar-refractivity contribution in [2.24, 2.45) is 0 Å². The van der Waals surface area contributed by atoms with Gasteiger partial charge in [0.15, 0.2) is 6.23 Å². The molecule has 0 unspecified atom stereocenters. The number of nitrogens with zero attached hydrogens (tertiary/aromatic N) is 2. The zero-order chi connectivity index (χ0) is 13.3. The molecule has 0 radical (unpaired) electrons. The Morgan fingerprint density at radius 3 is 2.72 bits per heavy atom. The molecule has 1 saturated heterocycles. The minimum Gasteiger partial charge on any atom is -0.394 e. The van der Waals surface area contributed by atoms with E-state index >= 15 is 0 Å². The molecule has 0 amide bonds. The monoisotopic (exact) mass is 256 g/mol. The smallest absolute Gasteiger partial charge is 0.158 e. The summed E-state index contributed by atoms with van der Waals surface area (Å²) in [6, 6.07) is 0. The van der Waals surface area contributed by atoms with E-state index in [0.717, 1.165) is 0 Å². The van der Waals surface area contributed by atoms with E-state index in [1.807, 2.05) is 0 Å². The zero-order valence-corrected chi connectivity index (χ0v) is 9.82. The quantitative estimate of drug-likeness (QED) is 0.428. The van der Waals surface area contributed by atoms with Gasteiger partial charge in [-0.25, -0.2) is 9.97 Å². The summed E-state index contributed by atoms with van der Waals surface area (Å²) in [6.07, 6.45) is -2.70. The van der Waals surface area contributed by atoms with Crippen LogP contribution in [-0.4, -0.2) is 56.4 Å². The minimum absolute atomic E-state index is 0.319. The number of rotatable bonds is 3. The largest absolute Gasteiger partial charge is 0.394 e. The normalized spacial score (nSPS) is 31.6. The highest BCUT2D eigenvalue weighted by molar-refractivity contribution is 5.54. The number of nitrogens with one attached hydrogen (secondary N) is 1. The Hall–Kier alpha value is -1.48. The van der Waals surface area contributed by atoms with Crippen molar-refractivity contribution in [1.29, 1.82) is 0 Å². The molecule has 1 aliphatic rings. The zero-order valence-electron chi connectivity index (χ0n) is 9.82. The Morgan fingerprint density at radius 2 is 2.11 bits per heavy atom. The molecular weight excluding hydrogens is 240 g/mol. The van der Waals surface area contributed by atoms with Crippen molar-refractivity contribution in [1.82, 2.24) is 9.97 Å². The molecule has 1 aromatic heterocycles. The van der Waals surface area contributed by atoms with Gasteiger partial charge in [-0.3, -0.25) is 0 Å². The summed E-state index contributed by atoms with van der Waals surface area (Å²) in [7, 11) is 0. The fourth-order valence-corrected chi connectivity index (χ4v) is 1.76. The van der Waals surface area contributed by atoms with Crippen LogP contribution in [0.15, 0.2) is 6.33 Å². The van der Waals surface area contributed by atoms with Crippen LogP contribution in [0.25, 0.3) is 0 Å². The van der Waals surface area contributed by atoms with Crippen molar-refractivity contribution in [3.8, 4) is 0 Å². The molecule has 1 aliphatic heterocycles. The molecule has 0 aromatic carbocycles. The van der Waals surface area contributed by atoms with Gasteiger partial charge in [0.25, 0.3) is 0 Å². The SMILES string of the molecule is Cc1c(N)ncnc1N[C@H]1O[C@H](CO)[C@@H](O)[C@H]1O. The number of aromatic nitrogens is 2. The maximum absolute atomic E-state index is 9.76. The molecule has 4 atom stereocenters. The van der Waals surface area contributed by atoms with E-state index in [1.54, 1.807) is 6.92 Å². The van der Waals surface area contributed by atoms with Crippen LogP contribution in [-0.2, 0) is 4.74 Å². The molecule has 0 spiro atoms. The summed E-state index contributed by atoms with van der Waals surface area (Å²) >= 11 is 0. The number of hydrogen-bond acceptors (Lipinski definition) is 8. The first kappa shape index (κ1) is 13.0. The van der Waals surface area contributed by atoms with Crippen molar-refractivity contribution < 1.29 is 20.1 Å². The van der Waals surface area contributed by atoms with Crippen LogP contribution in [0.3, 0.4) is 0 Å². The Bertz CT molecular complexity index is 430. The number of ether oxygens (including phenoxy) is 1. The molecular formula is C10H16N4O4. The molecule has 0 aliphatic carbocycles. The van der Waals surface area contributed by atoms with Gasteiger partial charge >= 0.3 is 0 Å². The molecule has 18 heavy (non-hydrogen) atoms. The highest BCUT2D eigenvalue weighted by Crippen LogP contribution is 2.24. The predicted octanol–water partition coefficient (Wildman–Crippen LogP) is -1.78. The summed E-state index contributed by atoms with van der Waals surface area (Å²) in [6.45, 7) is 1.35. The third-order valence-electron chi connectivity index (χ3n) is 2.94. The lowest BCUT2D eigenvalue weighted by Gasteiger charge is -2.18. The van der Waals surface area contributed by atoms with Crippen LogP contribution in [0, 0.1) is 6.92 Å². The van der Waals surface area contributed by atoms with E-state index in [4.69, 9.17) is 15.6 Å². The summed E-state index contributed by atoms with van der Waals surface area (Å²) in [5.41, 5.74) is 6.25. The van der Waals surface area contributed by atoms with Gasteiger partial charge in [0.2, 0.25) is 0 Å². The van der Waals surface area contributed by atoms with Crippen LogP contribution in [0.5, 0.6) is 0 Å². The number of hydrogen-bond donors (Lipinski definition) is 5. The Balaban J connectivity index is 2.13. The van der Waals surface area contributed by atoms with E-state index < -0.39 is 24.5 Å². The Kier molecular flexibility index (Phi) is 3.62. The molecule has 8 heteroatoms. The van der Waals surface area contributed by atoms with Gasteiger partial charge in [0.1, 0.15) is 36.3 Å². The first-order valence-electron chi connectivity index (χ1n) is 5.50. The topological polar surface area (TPSA) is 134 Å². The van der Waals surface area contributed by atoms with Crippen molar-refractivity contribution >= 4 is 11.6 Å². The van der Waals surface area contributed by atoms with Gasteiger partial charge in [-0.05, 0) is 6.92 Å².